The fourth-order valence-corrected chi connectivity index (χ4v) is 12.9. The first-order valence-electron chi connectivity index (χ1n) is 27.6. The van der Waals surface area contributed by atoms with E-state index in [1.54, 1.807) is 37.2 Å². The van der Waals surface area contributed by atoms with Crippen molar-refractivity contribution in [2.75, 3.05) is 66.1 Å². The largest absolute Gasteiger partial charge is 0.356 e. The third kappa shape index (κ3) is 14.9. The molecule has 20 nitrogen and oxygen atoms in total. The van der Waals surface area contributed by atoms with Crippen LogP contribution in [-0.4, -0.2) is 129 Å². The Kier molecular flexibility index (Phi) is 19.7. The number of rotatable bonds is 11. The maximum absolute atomic E-state index is 13.9. The van der Waals surface area contributed by atoms with E-state index in [2.05, 4.69) is 57.9 Å². The average Bonchev–Trinajstić information content (AvgIpc) is 3.50. The maximum Gasteiger partial charge on any atom is 0.256 e. The molecular weight excluding hydrogens is 1190 g/mol. The minimum atomic E-state index is -3.59. The number of benzene rings is 2. The van der Waals surface area contributed by atoms with Gasteiger partial charge < -0.3 is 20.0 Å². The molecule has 10 heterocycles. The molecule has 4 aliphatic heterocycles. The second-order valence-electron chi connectivity index (χ2n) is 21.5. The molecule has 0 bridgehead atoms. The van der Waals surface area contributed by atoms with Crippen LogP contribution in [0.5, 0.6) is 0 Å². The van der Waals surface area contributed by atoms with Gasteiger partial charge in [0.1, 0.15) is 11.0 Å². The topological polar surface area (TPSA) is 234 Å². The quantitative estimate of drug-likeness (QED) is 0.102. The van der Waals surface area contributed by atoms with Crippen molar-refractivity contribution >= 4 is 108 Å². The number of nitrogens with zero attached hydrogens (tertiary/aromatic N) is 11. The van der Waals surface area contributed by atoms with Crippen molar-refractivity contribution in [2.45, 2.75) is 89.1 Å². The Bertz CT molecular complexity index is 3850. The van der Waals surface area contributed by atoms with Gasteiger partial charge in [-0.2, -0.15) is 10.2 Å². The molecule has 444 valence electrons. The van der Waals surface area contributed by atoms with Crippen molar-refractivity contribution in [1.82, 2.24) is 54.3 Å². The van der Waals surface area contributed by atoms with Crippen LogP contribution >= 0.6 is 47.2 Å². The Balaban J connectivity index is 0.000000173. The van der Waals surface area contributed by atoms with Crippen LogP contribution in [0.15, 0.2) is 110 Å². The SMILES string of the molecule is Cc1cn2nc([C@@H]3CCCCN3C(=O)c3cc(Cl)ccc3NS(C)(=O)=O)cc2nc1Cl.Cc1cn2nc([C@@H]3CCCCN3C(=O)c3cc(Cl)ccc3NS(C)(=O)=O)cc2nc1N1CCC(c2ccccn2)C1.Cl.c1ccc(C2CCNC2)nc1. The lowest BCUT2D eigenvalue weighted by Gasteiger charge is -2.35. The van der Waals surface area contributed by atoms with Crippen LogP contribution in [0.25, 0.3) is 11.3 Å². The summed E-state index contributed by atoms with van der Waals surface area (Å²) in [6.07, 6.45) is 16.9. The van der Waals surface area contributed by atoms with E-state index in [1.165, 1.54) is 36.4 Å². The zero-order valence-electron chi connectivity index (χ0n) is 46.8. The Labute approximate surface area is 510 Å². The van der Waals surface area contributed by atoms with Gasteiger partial charge in [-0.05, 0) is 132 Å². The molecule has 8 aromatic rings. The van der Waals surface area contributed by atoms with Crippen LogP contribution in [0.3, 0.4) is 0 Å². The van der Waals surface area contributed by atoms with Gasteiger partial charge in [0, 0.05) is 114 Å². The van der Waals surface area contributed by atoms with Gasteiger partial charge in [-0.1, -0.05) is 46.9 Å². The molecule has 2 unspecified atom stereocenters. The summed E-state index contributed by atoms with van der Waals surface area (Å²) in [4.78, 5) is 51.4. The highest BCUT2D eigenvalue weighted by Gasteiger charge is 2.35. The van der Waals surface area contributed by atoms with Crippen LogP contribution < -0.4 is 19.7 Å². The third-order valence-corrected chi connectivity index (χ3v) is 17.2. The lowest BCUT2D eigenvalue weighted by Crippen LogP contribution is -2.39. The van der Waals surface area contributed by atoms with Gasteiger partial charge >= 0.3 is 0 Å². The number of aromatic nitrogens is 8. The van der Waals surface area contributed by atoms with Gasteiger partial charge in [0.2, 0.25) is 20.0 Å². The smallest absolute Gasteiger partial charge is 0.256 e. The number of aryl methyl sites for hydroxylation is 2. The lowest BCUT2D eigenvalue weighted by molar-refractivity contribution is 0.0600. The highest BCUT2D eigenvalue weighted by molar-refractivity contribution is 7.92. The number of pyridine rings is 2. The fourth-order valence-electron chi connectivity index (χ4n) is 11.2. The van der Waals surface area contributed by atoms with E-state index in [9.17, 15) is 26.4 Å². The molecule has 26 heteroatoms. The molecule has 0 spiro atoms. The molecule has 4 atom stereocenters. The molecule has 3 N–H and O–H groups in total. The van der Waals surface area contributed by atoms with E-state index >= 15 is 0 Å². The molecular formula is C58H66Cl4N14O6S2. The summed E-state index contributed by atoms with van der Waals surface area (Å²) < 4.78 is 55.8. The molecule has 84 heavy (non-hydrogen) atoms. The fraction of sp³-hybridized carbons (Fsp3) is 0.379. The van der Waals surface area contributed by atoms with E-state index in [-0.39, 0.29) is 58.8 Å². The van der Waals surface area contributed by atoms with Crippen molar-refractivity contribution in [1.29, 1.82) is 0 Å². The first-order valence-corrected chi connectivity index (χ1v) is 32.5. The standard InChI is InChI=1S/C29H32ClN7O3S.C20H21Cl2N5O3S.C9H12N2.ClH/c1-19-17-37-27(32-28(19)35-14-11-20(18-35)23-7-3-5-12-31-23)16-25(33-37)26-8-4-6-13-36(26)29(38)22-15-21(30)9-10-24(22)34-41(2,39)40;1-12-11-27-18(23-19(12)22)10-16(24-27)17-5-3-4-8-26(17)20(28)14-9-13(21)6-7-15(14)25-31(2,29)30;1-2-5-11-9(3-1)8-4-6-10-7-8;/h3,5,7,9-10,12,15-17,20,26,34H,4,6,8,11,13-14,18H2,1-2H3;6-7,9-11,17,25H,3-5,8H2,1-2H3;1-3,5,8,10H,4,6-7H2;1H/t20?,26-;17-;;/m00../s1. The number of amides is 2. The van der Waals surface area contributed by atoms with Crippen molar-refractivity contribution in [3.63, 3.8) is 0 Å². The number of hydrogen-bond donors (Lipinski definition) is 3. The molecule has 4 aliphatic rings. The van der Waals surface area contributed by atoms with Crippen molar-refractivity contribution < 1.29 is 26.4 Å². The predicted octanol–water partition coefficient (Wildman–Crippen LogP) is 10.5. The Morgan fingerprint density at radius 3 is 1.60 bits per heavy atom. The van der Waals surface area contributed by atoms with Gasteiger partial charge in [0.15, 0.2) is 11.3 Å². The van der Waals surface area contributed by atoms with Gasteiger partial charge in [-0.15, -0.1) is 12.4 Å². The first kappa shape index (κ1) is 61.9. The Hall–Kier alpha value is -6.66. The van der Waals surface area contributed by atoms with Gasteiger partial charge in [-0.3, -0.25) is 29.0 Å². The highest BCUT2D eigenvalue weighted by Crippen LogP contribution is 2.37. The Morgan fingerprint density at radius 1 is 0.595 bits per heavy atom. The number of halogens is 4. The molecule has 4 saturated heterocycles. The molecule has 6 aromatic heterocycles. The highest BCUT2D eigenvalue weighted by atomic mass is 35.5. The maximum atomic E-state index is 13.9. The summed E-state index contributed by atoms with van der Waals surface area (Å²) >= 11 is 18.5. The average molecular weight is 1260 g/mol. The van der Waals surface area contributed by atoms with Gasteiger partial charge in [-0.25, -0.2) is 35.8 Å². The molecule has 2 aromatic carbocycles. The summed E-state index contributed by atoms with van der Waals surface area (Å²) in [5, 5.41) is 13.9. The summed E-state index contributed by atoms with van der Waals surface area (Å²) in [5.41, 5.74) is 7.78. The monoisotopic (exact) mass is 1260 g/mol. The second-order valence-corrected chi connectivity index (χ2v) is 26.2. The van der Waals surface area contributed by atoms with E-state index in [4.69, 9.17) is 44.9 Å². The molecule has 4 fully saturated rings. The van der Waals surface area contributed by atoms with Gasteiger partial charge in [0.25, 0.3) is 11.8 Å². The minimum absolute atomic E-state index is 0. The number of likely N-dealkylation sites (tertiary alicyclic amines) is 2. The molecule has 2 amide bonds. The van der Waals surface area contributed by atoms with Gasteiger partial charge in [0.05, 0.1) is 58.5 Å². The first-order chi connectivity index (χ1) is 39.7. The third-order valence-electron chi connectivity index (χ3n) is 15.2. The van der Waals surface area contributed by atoms with E-state index < -0.39 is 20.0 Å². The molecule has 12 rings (SSSR count). The van der Waals surface area contributed by atoms with E-state index in [1.807, 2.05) is 62.8 Å². The second kappa shape index (κ2) is 26.7. The van der Waals surface area contributed by atoms with Crippen molar-refractivity contribution in [3.05, 3.63) is 170 Å². The number of nitrogens with one attached hydrogen (secondary N) is 3. The predicted molar refractivity (Wildman–Crippen MR) is 331 cm³/mol. The lowest BCUT2D eigenvalue weighted by atomic mass is 9.98. The summed E-state index contributed by atoms with van der Waals surface area (Å²) in [6, 6.07) is 24.5. The number of carbonyl (C=O) groups is 2. The molecule has 0 saturated carbocycles. The number of anilines is 3. The van der Waals surface area contributed by atoms with Crippen LogP contribution in [0, 0.1) is 13.8 Å². The molecule has 0 radical (unpaired) electrons. The number of fused-ring (bicyclic) bond motifs is 2. The summed E-state index contributed by atoms with van der Waals surface area (Å²) in [7, 11) is -7.16. The normalized spacial score (nSPS) is 19.0. The van der Waals surface area contributed by atoms with Crippen LogP contribution in [0.4, 0.5) is 17.2 Å². The number of sulfonamides is 2. The summed E-state index contributed by atoms with van der Waals surface area (Å²) in [5.74, 6) is 1.36. The van der Waals surface area contributed by atoms with Crippen LogP contribution in [-0.2, 0) is 20.0 Å². The van der Waals surface area contributed by atoms with E-state index in [0.717, 1.165) is 118 Å². The van der Waals surface area contributed by atoms with Crippen molar-refractivity contribution in [2.24, 2.45) is 0 Å². The Morgan fingerprint density at radius 2 is 1.11 bits per heavy atom. The van der Waals surface area contributed by atoms with E-state index in [0.29, 0.717) is 51.5 Å². The molecule has 0 aliphatic carbocycles. The number of hydrogen-bond acceptors (Lipinski definition) is 14. The minimum Gasteiger partial charge on any atom is -0.356 e. The zero-order chi connectivity index (χ0) is 58.6. The van der Waals surface area contributed by atoms with Crippen molar-refractivity contribution in [3.8, 4) is 0 Å². The zero-order valence-corrected chi connectivity index (χ0v) is 51.5. The van der Waals surface area contributed by atoms with Crippen LogP contribution in [0.2, 0.25) is 15.2 Å². The number of piperidine rings is 2. The van der Waals surface area contributed by atoms with Crippen LogP contribution in [0.1, 0.15) is 130 Å². The summed E-state index contributed by atoms with van der Waals surface area (Å²) in [6.45, 7) is 8.94. The number of carbonyl (C=O) groups excluding carboxylic acids is 2.